The van der Waals surface area contributed by atoms with Crippen LogP contribution < -0.4 is 9.88 Å². The first-order valence-corrected chi connectivity index (χ1v) is 8.28. The van der Waals surface area contributed by atoms with Crippen molar-refractivity contribution >= 4 is 21.6 Å². The van der Waals surface area contributed by atoms with Gasteiger partial charge in [0.2, 0.25) is 10.0 Å². The van der Waals surface area contributed by atoms with Gasteiger partial charge in [0.1, 0.15) is 5.75 Å². The Morgan fingerprint density at radius 2 is 1.95 bits per heavy atom. The molecule has 1 rings (SSSR count). The van der Waals surface area contributed by atoms with E-state index in [0.717, 1.165) is 0 Å². The summed E-state index contributed by atoms with van der Waals surface area (Å²) in [5.41, 5.74) is -0.462. The molecule has 0 fully saturated rings. The number of rotatable bonds is 7. The van der Waals surface area contributed by atoms with Crippen molar-refractivity contribution in [1.82, 2.24) is 0 Å². The molecule has 0 atom stereocenters. The number of hydrogen-bond donors (Lipinski definition) is 1. The van der Waals surface area contributed by atoms with Crippen molar-refractivity contribution in [3.05, 3.63) is 29.3 Å². The first kappa shape index (κ1) is 16.3. The Morgan fingerprint density at radius 1 is 1.32 bits per heavy atom. The largest absolute Gasteiger partial charge is 0.493 e. The summed E-state index contributed by atoms with van der Waals surface area (Å²) in [6.45, 7) is 4.18. The molecule has 2 N–H and O–H groups in total. The van der Waals surface area contributed by atoms with E-state index in [1.807, 2.05) is 13.8 Å². The third kappa shape index (κ3) is 5.38. The molecule has 0 aliphatic rings. The van der Waals surface area contributed by atoms with Crippen LogP contribution in [-0.4, -0.2) is 20.8 Å². The summed E-state index contributed by atoms with van der Waals surface area (Å²) in [4.78, 5) is 0. The van der Waals surface area contributed by atoms with Crippen LogP contribution in [0, 0.1) is 5.41 Å². The minimum Gasteiger partial charge on any atom is -0.493 e. The maximum Gasteiger partial charge on any atom is 0.209 e. The summed E-state index contributed by atoms with van der Waals surface area (Å²) in [6, 6.07) is 7.04. The zero-order valence-electron chi connectivity index (χ0n) is 11.2. The summed E-state index contributed by atoms with van der Waals surface area (Å²) < 4.78 is 28.3. The normalized spacial score (nSPS) is 12.4. The van der Waals surface area contributed by atoms with E-state index in [1.54, 1.807) is 24.3 Å². The lowest BCUT2D eigenvalue weighted by atomic mass is 9.85. The van der Waals surface area contributed by atoms with Gasteiger partial charge in [-0.1, -0.05) is 31.5 Å². The van der Waals surface area contributed by atoms with Crippen molar-refractivity contribution in [1.29, 1.82) is 0 Å². The monoisotopic (exact) mass is 305 g/mol. The fourth-order valence-corrected chi connectivity index (χ4v) is 3.45. The molecule has 6 heteroatoms. The van der Waals surface area contributed by atoms with Crippen LogP contribution in [0.2, 0.25) is 5.02 Å². The van der Waals surface area contributed by atoms with Crippen LogP contribution in [0.1, 0.15) is 26.7 Å². The van der Waals surface area contributed by atoms with Crippen LogP contribution in [0.15, 0.2) is 24.3 Å². The topological polar surface area (TPSA) is 69.4 Å². The Morgan fingerprint density at radius 3 is 2.42 bits per heavy atom. The first-order valence-electron chi connectivity index (χ1n) is 6.19. The molecule has 4 nitrogen and oxygen atoms in total. The van der Waals surface area contributed by atoms with E-state index in [9.17, 15) is 8.42 Å². The van der Waals surface area contributed by atoms with Gasteiger partial charge in [-0.2, -0.15) is 0 Å². The van der Waals surface area contributed by atoms with Crippen molar-refractivity contribution < 1.29 is 13.2 Å². The maximum atomic E-state index is 11.3. The van der Waals surface area contributed by atoms with Crippen LogP contribution in [0.5, 0.6) is 5.75 Å². The van der Waals surface area contributed by atoms with Gasteiger partial charge in [-0.05, 0) is 31.0 Å². The Hall–Kier alpha value is -0.780. The average molecular weight is 306 g/mol. The SMILES string of the molecule is CCC(CC)(COc1cccc(Cl)c1)CS(N)(=O)=O. The maximum absolute atomic E-state index is 11.3. The van der Waals surface area contributed by atoms with E-state index in [1.165, 1.54) is 0 Å². The molecule has 0 aromatic heterocycles. The van der Waals surface area contributed by atoms with E-state index >= 15 is 0 Å². The fraction of sp³-hybridized carbons (Fsp3) is 0.538. The Bertz CT molecular complexity index is 512. The quantitative estimate of drug-likeness (QED) is 0.842. The number of primary sulfonamides is 1. The molecule has 0 spiro atoms. The van der Waals surface area contributed by atoms with Crippen molar-refractivity contribution in [2.75, 3.05) is 12.4 Å². The highest BCUT2D eigenvalue weighted by Gasteiger charge is 2.32. The molecular weight excluding hydrogens is 286 g/mol. The van der Waals surface area contributed by atoms with E-state index in [2.05, 4.69) is 0 Å². The third-order valence-electron chi connectivity index (χ3n) is 3.35. The zero-order chi connectivity index (χ0) is 14.5. The van der Waals surface area contributed by atoms with Gasteiger partial charge >= 0.3 is 0 Å². The molecule has 0 unspecified atom stereocenters. The summed E-state index contributed by atoms with van der Waals surface area (Å²) in [5.74, 6) is 0.557. The van der Waals surface area contributed by atoms with Crippen molar-refractivity contribution in [2.24, 2.45) is 10.6 Å². The molecular formula is C13H20ClNO3S. The van der Waals surface area contributed by atoms with Gasteiger partial charge in [0.05, 0.1) is 12.4 Å². The van der Waals surface area contributed by atoms with Gasteiger partial charge in [-0.25, -0.2) is 13.6 Å². The summed E-state index contributed by atoms with van der Waals surface area (Å²) in [5, 5.41) is 5.75. The number of sulfonamides is 1. The molecule has 0 heterocycles. The second-order valence-electron chi connectivity index (χ2n) is 4.76. The van der Waals surface area contributed by atoms with E-state index in [4.69, 9.17) is 21.5 Å². The standard InChI is InChI=1S/C13H20ClNO3S/c1-3-13(4-2,10-19(15,16)17)9-18-12-7-5-6-11(14)8-12/h5-8H,3-4,9-10H2,1-2H3,(H2,15,16,17). The highest BCUT2D eigenvalue weighted by atomic mass is 35.5. The molecule has 0 aliphatic heterocycles. The number of ether oxygens (including phenoxy) is 1. The lowest BCUT2D eigenvalue weighted by Crippen LogP contribution is -2.37. The minimum absolute atomic E-state index is 0.0758. The summed E-state index contributed by atoms with van der Waals surface area (Å²) in [7, 11) is -3.52. The molecule has 0 amide bonds. The van der Waals surface area contributed by atoms with E-state index in [-0.39, 0.29) is 5.75 Å². The lowest BCUT2D eigenvalue weighted by Gasteiger charge is -2.30. The van der Waals surface area contributed by atoms with Crippen LogP contribution >= 0.6 is 11.6 Å². The fourth-order valence-electron chi connectivity index (χ4n) is 1.92. The van der Waals surface area contributed by atoms with Gasteiger partial charge in [-0.15, -0.1) is 0 Å². The third-order valence-corrected chi connectivity index (χ3v) is 4.60. The first-order chi connectivity index (χ1) is 8.80. The predicted molar refractivity (Wildman–Crippen MR) is 77.9 cm³/mol. The molecule has 0 radical (unpaired) electrons. The van der Waals surface area contributed by atoms with Crippen LogP contribution in [0.4, 0.5) is 0 Å². The predicted octanol–water partition coefficient (Wildman–Crippen LogP) is 2.81. The molecule has 0 aliphatic carbocycles. The average Bonchev–Trinajstić information content (AvgIpc) is 2.33. The molecule has 1 aromatic carbocycles. The van der Waals surface area contributed by atoms with Gasteiger partial charge in [-0.3, -0.25) is 0 Å². The smallest absolute Gasteiger partial charge is 0.209 e. The lowest BCUT2D eigenvalue weighted by molar-refractivity contribution is 0.154. The molecule has 19 heavy (non-hydrogen) atoms. The highest BCUT2D eigenvalue weighted by Crippen LogP contribution is 2.29. The number of benzene rings is 1. The van der Waals surface area contributed by atoms with E-state index in [0.29, 0.717) is 30.2 Å². The minimum atomic E-state index is -3.52. The number of nitrogens with two attached hydrogens (primary N) is 1. The van der Waals surface area contributed by atoms with Crippen LogP contribution in [0.3, 0.4) is 0 Å². The molecule has 0 saturated carbocycles. The summed E-state index contributed by atoms with van der Waals surface area (Å²) in [6.07, 6.45) is 1.36. The van der Waals surface area contributed by atoms with Gasteiger partial charge in [0, 0.05) is 10.4 Å². The van der Waals surface area contributed by atoms with Crippen LogP contribution in [-0.2, 0) is 10.0 Å². The van der Waals surface area contributed by atoms with Crippen molar-refractivity contribution in [3.63, 3.8) is 0 Å². The number of hydrogen-bond acceptors (Lipinski definition) is 3. The molecule has 108 valence electrons. The number of halogens is 1. The Labute approximate surface area is 120 Å². The van der Waals surface area contributed by atoms with Crippen molar-refractivity contribution in [2.45, 2.75) is 26.7 Å². The van der Waals surface area contributed by atoms with Gasteiger partial charge in [0.15, 0.2) is 0 Å². The van der Waals surface area contributed by atoms with E-state index < -0.39 is 15.4 Å². The second-order valence-corrected chi connectivity index (χ2v) is 6.81. The van der Waals surface area contributed by atoms with Gasteiger partial charge in [0.25, 0.3) is 0 Å². The van der Waals surface area contributed by atoms with Gasteiger partial charge < -0.3 is 4.74 Å². The highest BCUT2D eigenvalue weighted by molar-refractivity contribution is 7.89. The molecule has 0 bridgehead atoms. The van der Waals surface area contributed by atoms with Crippen LogP contribution in [0.25, 0.3) is 0 Å². The summed E-state index contributed by atoms with van der Waals surface area (Å²) >= 11 is 5.87. The second kappa shape index (κ2) is 6.59. The Balaban J connectivity index is 2.79. The molecule has 0 saturated heterocycles. The molecule has 1 aromatic rings. The van der Waals surface area contributed by atoms with Crippen molar-refractivity contribution in [3.8, 4) is 5.75 Å². The Kier molecular flexibility index (Phi) is 5.64. The zero-order valence-corrected chi connectivity index (χ0v) is 12.8.